The SMILES string of the molecule is Fc1ccc(-c2nc(-c3ccc(N4CCc5ccccc54)cc3)co2)cc1. The fourth-order valence-corrected chi connectivity index (χ4v) is 3.55. The number of oxazole rings is 1. The van der Waals surface area contributed by atoms with Crippen molar-refractivity contribution in [1.82, 2.24) is 4.98 Å². The Morgan fingerprint density at radius 3 is 2.41 bits per heavy atom. The lowest BCUT2D eigenvalue weighted by atomic mass is 10.1. The van der Waals surface area contributed by atoms with E-state index < -0.39 is 0 Å². The molecule has 1 aliphatic heterocycles. The Kier molecular flexibility index (Phi) is 3.75. The molecule has 27 heavy (non-hydrogen) atoms. The van der Waals surface area contributed by atoms with Gasteiger partial charge in [-0.2, -0.15) is 0 Å². The number of fused-ring (bicyclic) bond motifs is 1. The average molecular weight is 356 g/mol. The summed E-state index contributed by atoms with van der Waals surface area (Å²) in [7, 11) is 0. The Morgan fingerprint density at radius 1 is 0.852 bits per heavy atom. The van der Waals surface area contributed by atoms with Gasteiger partial charge >= 0.3 is 0 Å². The molecule has 0 amide bonds. The van der Waals surface area contributed by atoms with Gasteiger partial charge in [-0.05, 0) is 54.4 Å². The smallest absolute Gasteiger partial charge is 0.226 e. The Morgan fingerprint density at radius 2 is 1.59 bits per heavy atom. The van der Waals surface area contributed by atoms with Gasteiger partial charge in [0.25, 0.3) is 0 Å². The van der Waals surface area contributed by atoms with Crippen molar-refractivity contribution >= 4 is 11.4 Å². The van der Waals surface area contributed by atoms with Crippen LogP contribution >= 0.6 is 0 Å². The van der Waals surface area contributed by atoms with Crippen LogP contribution in [0.15, 0.2) is 83.5 Å². The molecule has 5 rings (SSSR count). The van der Waals surface area contributed by atoms with E-state index in [1.807, 2.05) is 0 Å². The molecule has 0 saturated heterocycles. The first-order valence-corrected chi connectivity index (χ1v) is 8.95. The van der Waals surface area contributed by atoms with Crippen molar-refractivity contribution in [1.29, 1.82) is 0 Å². The highest BCUT2D eigenvalue weighted by atomic mass is 19.1. The first kappa shape index (κ1) is 15.8. The zero-order valence-electron chi connectivity index (χ0n) is 14.6. The van der Waals surface area contributed by atoms with Crippen LogP contribution in [0, 0.1) is 5.82 Å². The van der Waals surface area contributed by atoms with Gasteiger partial charge in [0.2, 0.25) is 5.89 Å². The van der Waals surface area contributed by atoms with Crippen molar-refractivity contribution in [2.45, 2.75) is 6.42 Å². The highest BCUT2D eigenvalue weighted by molar-refractivity contribution is 5.72. The van der Waals surface area contributed by atoms with Crippen LogP contribution in [0.1, 0.15) is 5.56 Å². The summed E-state index contributed by atoms with van der Waals surface area (Å²) >= 11 is 0. The molecule has 1 aliphatic rings. The predicted molar refractivity (Wildman–Crippen MR) is 104 cm³/mol. The minimum Gasteiger partial charge on any atom is -0.444 e. The van der Waals surface area contributed by atoms with Crippen molar-refractivity contribution in [3.63, 3.8) is 0 Å². The van der Waals surface area contributed by atoms with E-state index in [0.29, 0.717) is 5.89 Å². The van der Waals surface area contributed by atoms with Crippen LogP contribution in [-0.4, -0.2) is 11.5 Å². The van der Waals surface area contributed by atoms with Gasteiger partial charge in [-0.15, -0.1) is 0 Å². The molecule has 3 aromatic carbocycles. The van der Waals surface area contributed by atoms with Gasteiger partial charge in [-0.3, -0.25) is 0 Å². The average Bonchev–Trinajstić information content (AvgIpc) is 3.36. The second-order valence-electron chi connectivity index (χ2n) is 6.62. The number of para-hydroxylation sites is 1. The zero-order valence-corrected chi connectivity index (χ0v) is 14.6. The fourth-order valence-electron chi connectivity index (χ4n) is 3.55. The van der Waals surface area contributed by atoms with Crippen LogP contribution < -0.4 is 4.90 Å². The van der Waals surface area contributed by atoms with E-state index in [1.165, 1.54) is 29.1 Å². The van der Waals surface area contributed by atoms with E-state index in [2.05, 4.69) is 58.4 Å². The number of hydrogen-bond donors (Lipinski definition) is 0. The molecule has 0 spiro atoms. The number of nitrogens with zero attached hydrogens (tertiary/aromatic N) is 2. The molecule has 1 aromatic heterocycles. The monoisotopic (exact) mass is 356 g/mol. The molecule has 2 heterocycles. The van der Waals surface area contributed by atoms with Crippen LogP contribution in [0.2, 0.25) is 0 Å². The third kappa shape index (κ3) is 2.89. The molecule has 0 N–H and O–H groups in total. The molecule has 0 radical (unpaired) electrons. The van der Waals surface area contributed by atoms with Crippen molar-refractivity contribution < 1.29 is 8.81 Å². The summed E-state index contributed by atoms with van der Waals surface area (Å²) in [6.45, 7) is 0.997. The van der Waals surface area contributed by atoms with Gasteiger partial charge < -0.3 is 9.32 Å². The van der Waals surface area contributed by atoms with Crippen molar-refractivity contribution in [2.75, 3.05) is 11.4 Å². The van der Waals surface area contributed by atoms with E-state index in [1.54, 1.807) is 18.4 Å². The van der Waals surface area contributed by atoms with Crippen LogP contribution in [0.3, 0.4) is 0 Å². The molecule has 0 aliphatic carbocycles. The molecule has 0 atom stereocenters. The molecular formula is C23H17FN2O. The Bertz CT molecular complexity index is 1080. The summed E-state index contributed by atoms with van der Waals surface area (Å²) < 4.78 is 18.7. The van der Waals surface area contributed by atoms with Gasteiger partial charge in [0.05, 0.1) is 0 Å². The highest BCUT2D eigenvalue weighted by Gasteiger charge is 2.19. The Hall–Kier alpha value is -3.40. The second-order valence-corrected chi connectivity index (χ2v) is 6.62. The minimum atomic E-state index is -0.274. The van der Waals surface area contributed by atoms with Gasteiger partial charge in [-0.25, -0.2) is 9.37 Å². The predicted octanol–water partition coefficient (Wildman–Crippen LogP) is 5.84. The largest absolute Gasteiger partial charge is 0.444 e. The molecule has 0 bridgehead atoms. The van der Waals surface area contributed by atoms with Crippen molar-refractivity contribution in [2.24, 2.45) is 0 Å². The van der Waals surface area contributed by atoms with Gasteiger partial charge in [0, 0.05) is 29.0 Å². The molecule has 0 fully saturated rings. The lowest BCUT2D eigenvalue weighted by Crippen LogP contribution is -2.12. The lowest BCUT2D eigenvalue weighted by Gasteiger charge is -2.19. The first-order chi connectivity index (χ1) is 13.3. The van der Waals surface area contributed by atoms with Gasteiger partial charge in [0.15, 0.2) is 0 Å². The van der Waals surface area contributed by atoms with E-state index in [-0.39, 0.29) is 5.82 Å². The third-order valence-corrected chi connectivity index (χ3v) is 4.96. The maximum absolute atomic E-state index is 13.1. The van der Waals surface area contributed by atoms with Crippen LogP contribution in [0.5, 0.6) is 0 Å². The second kappa shape index (κ2) is 6.40. The van der Waals surface area contributed by atoms with Gasteiger partial charge in [-0.1, -0.05) is 30.3 Å². The lowest BCUT2D eigenvalue weighted by molar-refractivity contribution is 0.574. The normalized spacial score (nSPS) is 13.0. The van der Waals surface area contributed by atoms with Crippen LogP contribution in [0.4, 0.5) is 15.8 Å². The summed E-state index contributed by atoms with van der Waals surface area (Å²) in [5, 5.41) is 0. The zero-order chi connectivity index (χ0) is 18.2. The molecule has 132 valence electrons. The topological polar surface area (TPSA) is 29.3 Å². The Labute approximate surface area is 156 Å². The maximum Gasteiger partial charge on any atom is 0.226 e. The number of hydrogen-bond acceptors (Lipinski definition) is 3. The summed E-state index contributed by atoms with van der Waals surface area (Å²) in [4.78, 5) is 6.88. The molecule has 0 saturated carbocycles. The van der Waals surface area contributed by atoms with E-state index in [0.717, 1.165) is 29.8 Å². The standard InChI is InChI=1S/C23H17FN2O/c24-19-9-5-18(6-10-19)23-25-21(15-27-23)16-7-11-20(12-8-16)26-14-13-17-3-1-2-4-22(17)26/h1-12,15H,13-14H2. The fraction of sp³-hybridized carbons (Fsp3) is 0.0870. The highest BCUT2D eigenvalue weighted by Crippen LogP contribution is 2.35. The van der Waals surface area contributed by atoms with Crippen molar-refractivity contribution in [3.05, 3.63) is 90.4 Å². The number of rotatable bonds is 3. The summed E-state index contributed by atoms with van der Waals surface area (Å²) in [5.74, 6) is 0.215. The minimum absolute atomic E-state index is 0.274. The number of aromatic nitrogens is 1. The number of benzene rings is 3. The third-order valence-electron chi connectivity index (χ3n) is 4.96. The maximum atomic E-state index is 13.1. The van der Waals surface area contributed by atoms with E-state index in [4.69, 9.17) is 4.42 Å². The number of anilines is 2. The van der Waals surface area contributed by atoms with Crippen LogP contribution in [0.25, 0.3) is 22.7 Å². The molecule has 0 unspecified atom stereocenters. The van der Waals surface area contributed by atoms with Crippen LogP contribution in [-0.2, 0) is 6.42 Å². The summed E-state index contributed by atoms with van der Waals surface area (Å²) in [6.07, 6.45) is 2.71. The molecule has 4 heteroatoms. The Balaban J connectivity index is 1.41. The summed E-state index contributed by atoms with van der Waals surface area (Å²) in [5.41, 5.74) is 6.36. The first-order valence-electron chi connectivity index (χ1n) is 8.95. The van der Waals surface area contributed by atoms with Gasteiger partial charge in [0.1, 0.15) is 17.8 Å². The number of halogens is 1. The summed E-state index contributed by atoms with van der Waals surface area (Å²) in [6, 6.07) is 23.0. The molecule has 4 aromatic rings. The van der Waals surface area contributed by atoms with E-state index in [9.17, 15) is 4.39 Å². The molecule has 3 nitrogen and oxygen atoms in total. The van der Waals surface area contributed by atoms with Crippen molar-refractivity contribution in [3.8, 4) is 22.7 Å². The quantitative estimate of drug-likeness (QED) is 0.462. The molecular weight excluding hydrogens is 339 g/mol. The van der Waals surface area contributed by atoms with E-state index >= 15 is 0 Å².